The normalized spacial score (nSPS) is 11.4. The number of aromatic nitrogens is 4. The second kappa shape index (κ2) is 8.85. The van der Waals surface area contributed by atoms with Gasteiger partial charge in [-0.05, 0) is 38.1 Å². The van der Waals surface area contributed by atoms with E-state index in [4.69, 9.17) is 4.74 Å². The number of benzene rings is 2. The molecule has 0 fully saturated rings. The summed E-state index contributed by atoms with van der Waals surface area (Å²) < 4.78 is 47.4. The van der Waals surface area contributed by atoms with Crippen LogP contribution in [0, 0.1) is 13.8 Å². The fourth-order valence-electron chi connectivity index (χ4n) is 3.30. The highest BCUT2D eigenvalue weighted by atomic mass is 19.4. The van der Waals surface area contributed by atoms with E-state index in [0.717, 1.165) is 17.3 Å². The summed E-state index contributed by atoms with van der Waals surface area (Å²) in [6.45, 7) is 3.63. The van der Waals surface area contributed by atoms with Crippen LogP contribution in [0.3, 0.4) is 0 Å². The van der Waals surface area contributed by atoms with Crippen molar-refractivity contribution in [2.75, 3.05) is 0 Å². The van der Waals surface area contributed by atoms with Crippen molar-refractivity contribution in [1.29, 1.82) is 0 Å². The maximum atomic E-state index is 13.9. The third kappa shape index (κ3) is 5.08. The second-order valence-corrected chi connectivity index (χ2v) is 7.43. The molecule has 0 saturated carbocycles. The highest BCUT2D eigenvalue weighted by molar-refractivity contribution is 5.70. The Balaban J connectivity index is 1.83. The van der Waals surface area contributed by atoms with E-state index in [1.807, 2.05) is 6.92 Å². The number of halogens is 3. The lowest BCUT2D eigenvalue weighted by Gasteiger charge is -2.17. The Labute approximate surface area is 187 Å². The van der Waals surface area contributed by atoms with Gasteiger partial charge in [0.15, 0.2) is 5.82 Å². The van der Waals surface area contributed by atoms with Crippen LogP contribution in [0.15, 0.2) is 65.5 Å². The Bertz CT molecular complexity index is 1350. The minimum Gasteiger partial charge on any atom is -0.487 e. The van der Waals surface area contributed by atoms with Crippen LogP contribution in [-0.4, -0.2) is 19.9 Å². The second-order valence-electron chi connectivity index (χ2n) is 7.43. The van der Waals surface area contributed by atoms with Gasteiger partial charge in [-0.1, -0.05) is 42.0 Å². The minimum atomic E-state index is -4.71. The zero-order chi connectivity index (χ0) is 23.6. The Morgan fingerprint density at radius 2 is 1.64 bits per heavy atom. The molecule has 0 bridgehead atoms. The van der Waals surface area contributed by atoms with Crippen molar-refractivity contribution in [3.8, 4) is 28.5 Å². The van der Waals surface area contributed by atoms with Gasteiger partial charge in [0.1, 0.15) is 18.2 Å². The zero-order valence-corrected chi connectivity index (χ0v) is 17.8. The van der Waals surface area contributed by atoms with Crippen LogP contribution >= 0.6 is 0 Å². The summed E-state index contributed by atoms with van der Waals surface area (Å²) in [5.74, 6) is -0.361. The van der Waals surface area contributed by atoms with Crippen LogP contribution in [0.1, 0.15) is 22.5 Å². The van der Waals surface area contributed by atoms with Crippen LogP contribution in [0.2, 0.25) is 0 Å². The molecule has 4 aromatic rings. The lowest BCUT2D eigenvalue weighted by molar-refractivity contribution is -0.137. The molecular formula is C24H19F3N4O2. The van der Waals surface area contributed by atoms with Gasteiger partial charge in [-0.15, -0.1) is 0 Å². The van der Waals surface area contributed by atoms with Crippen LogP contribution < -0.4 is 10.4 Å². The SMILES string of the molecule is Cc1ccc(-c2nc(-c3c(OCc4cccc(C)n4)cccc3C(F)(F)F)[nH]c(=O)n2)cc1. The molecule has 2 aromatic heterocycles. The molecule has 0 amide bonds. The quantitative estimate of drug-likeness (QED) is 0.455. The van der Waals surface area contributed by atoms with Crippen molar-refractivity contribution >= 4 is 0 Å². The van der Waals surface area contributed by atoms with Crippen molar-refractivity contribution in [1.82, 2.24) is 19.9 Å². The largest absolute Gasteiger partial charge is 0.487 e. The summed E-state index contributed by atoms with van der Waals surface area (Å²) >= 11 is 0. The van der Waals surface area contributed by atoms with Gasteiger partial charge < -0.3 is 4.74 Å². The van der Waals surface area contributed by atoms with Gasteiger partial charge in [-0.3, -0.25) is 9.97 Å². The number of nitrogens with one attached hydrogen (secondary N) is 1. The lowest BCUT2D eigenvalue weighted by atomic mass is 10.0. The monoisotopic (exact) mass is 452 g/mol. The Hall–Kier alpha value is -4.01. The molecule has 4 rings (SSSR count). The summed E-state index contributed by atoms with van der Waals surface area (Å²) in [6, 6.07) is 15.8. The molecule has 0 radical (unpaired) electrons. The first kappa shape index (κ1) is 22.2. The average Bonchev–Trinajstić information content (AvgIpc) is 2.77. The van der Waals surface area contributed by atoms with Crippen molar-refractivity contribution in [3.05, 3.63) is 93.7 Å². The lowest BCUT2D eigenvalue weighted by Crippen LogP contribution is -2.17. The predicted molar refractivity (Wildman–Crippen MR) is 117 cm³/mol. The molecule has 0 unspecified atom stereocenters. The number of aryl methyl sites for hydroxylation is 2. The molecule has 0 aliphatic heterocycles. The molecule has 0 atom stereocenters. The molecule has 9 heteroatoms. The number of H-pyrrole nitrogens is 1. The van der Waals surface area contributed by atoms with Crippen molar-refractivity contribution in [2.24, 2.45) is 0 Å². The van der Waals surface area contributed by atoms with Gasteiger partial charge in [-0.25, -0.2) is 9.78 Å². The summed E-state index contributed by atoms with van der Waals surface area (Å²) in [6.07, 6.45) is -4.71. The van der Waals surface area contributed by atoms with Gasteiger partial charge in [0.05, 0.1) is 16.8 Å². The molecule has 0 saturated heterocycles. The maximum absolute atomic E-state index is 13.9. The number of aromatic amines is 1. The van der Waals surface area contributed by atoms with E-state index in [0.29, 0.717) is 11.3 Å². The first-order valence-electron chi connectivity index (χ1n) is 10.0. The third-order valence-electron chi connectivity index (χ3n) is 4.85. The number of hydrogen-bond acceptors (Lipinski definition) is 5. The van der Waals surface area contributed by atoms with E-state index < -0.39 is 17.4 Å². The molecule has 0 aliphatic rings. The van der Waals surface area contributed by atoms with Gasteiger partial charge in [-0.2, -0.15) is 18.2 Å². The Morgan fingerprint density at radius 1 is 0.909 bits per heavy atom. The first-order valence-corrected chi connectivity index (χ1v) is 10.0. The summed E-state index contributed by atoms with van der Waals surface area (Å²) in [4.78, 5) is 27.0. The number of nitrogens with zero attached hydrogens (tertiary/aromatic N) is 3. The van der Waals surface area contributed by atoms with E-state index in [2.05, 4.69) is 19.9 Å². The summed E-state index contributed by atoms with van der Waals surface area (Å²) in [5, 5.41) is 0. The first-order chi connectivity index (χ1) is 15.7. The van der Waals surface area contributed by atoms with E-state index >= 15 is 0 Å². The molecule has 0 spiro atoms. The highest BCUT2D eigenvalue weighted by Gasteiger charge is 2.36. The maximum Gasteiger partial charge on any atom is 0.417 e. The van der Waals surface area contributed by atoms with Crippen LogP contribution in [0.4, 0.5) is 13.2 Å². The summed E-state index contributed by atoms with van der Waals surface area (Å²) in [5.41, 5.74) is 0.611. The molecule has 33 heavy (non-hydrogen) atoms. The van der Waals surface area contributed by atoms with Crippen LogP contribution in [0.25, 0.3) is 22.8 Å². The van der Waals surface area contributed by atoms with Gasteiger partial charge >= 0.3 is 11.9 Å². The standard InChI is InChI=1S/C24H19F3N4O2/c1-14-9-11-16(12-10-14)21-29-22(31-23(32)30-21)20-18(24(25,26)27)7-4-8-19(20)33-13-17-6-3-5-15(2)28-17/h3-12H,13H2,1-2H3,(H,29,30,31,32). The molecule has 168 valence electrons. The van der Waals surface area contributed by atoms with E-state index in [-0.39, 0.29) is 29.6 Å². The fraction of sp³-hybridized carbons (Fsp3) is 0.167. The van der Waals surface area contributed by atoms with Gasteiger partial charge in [0.2, 0.25) is 0 Å². The predicted octanol–water partition coefficient (Wildman–Crippen LogP) is 5.11. The number of ether oxygens (including phenoxy) is 1. The number of pyridine rings is 1. The number of hydrogen-bond donors (Lipinski definition) is 1. The number of rotatable bonds is 5. The molecule has 2 aromatic carbocycles. The number of alkyl halides is 3. The zero-order valence-electron chi connectivity index (χ0n) is 17.8. The molecule has 2 heterocycles. The molecular weight excluding hydrogens is 433 g/mol. The third-order valence-corrected chi connectivity index (χ3v) is 4.85. The van der Waals surface area contributed by atoms with Crippen molar-refractivity contribution < 1.29 is 17.9 Å². The average molecular weight is 452 g/mol. The van der Waals surface area contributed by atoms with E-state index in [1.54, 1.807) is 49.4 Å². The van der Waals surface area contributed by atoms with Crippen molar-refractivity contribution in [2.45, 2.75) is 26.6 Å². The van der Waals surface area contributed by atoms with Gasteiger partial charge in [0, 0.05) is 11.3 Å². The van der Waals surface area contributed by atoms with E-state index in [1.165, 1.54) is 12.1 Å². The van der Waals surface area contributed by atoms with Gasteiger partial charge in [0.25, 0.3) is 0 Å². The topological polar surface area (TPSA) is 80.8 Å². The Morgan fingerprint density at radius 3 is 2.33 bits per heavy atom. The minimum absolute atomic E-state index is 0.0111. The van der Waals surface area contributed by atoms with Crippen LogP contribution in [-0.2, 0) is 12.8 Å². The smallest absolute Gasteiger partial charge is 0.417 e. The molecule has 1 N–H and O–H groups in total. The molecule has 6 nitrogen and oxygen atoms in total. The molecule has 0 aliphatic carbocycles. The van der Waals surface area contributed by atoms with E-state index in [9.17, 15) is 18.0 Å². The van der Waals surface area contributed by atoms with Crippen LogP contribution in [0.5, 0.6) is 5.75 Å². The highest BCUT2D eigenvalue weighted by Crippen LogP contribution is 2.41. The Kier molecular flexibility index (Phi) is 5.95. The fourth-order valence-corrected chi connectivity index (χ4v) is 3.30. The summed E-state index contributed by atoms with van der Waals surface area (Å²) in [7, 11) is 0. The van der Waals surface area contributed by atoms with Crippen molar-refractivity contribution in [3.63, 3.8) is 0 Å².